The second-order valence-electron chi connectivity index (χ2n) is 4.48. The zero-order chi connectivity index (χ0) is 14.8. The van der Waals surface area contributed by atoms with Gasteiger partial charge in [-0.05, 0) is 31.2 Å². The van der Waals surface area contributed by atoms with E-state index in [-0.39, 0.29) is 0 Å². The molecule has 0 aliphatic heterocycles. The van der Waals surface area contributed by atoms with Gasteiger partial charge in [0.2, 0.25) is 5.13 Å². The van der Waals surface area contributed by atoms with Crippen molar-refractivity contribution in [3.63, 3.8) is 0 Å². The maximum atomic E-state index is 5.63. The van der Waals surface area contributed by atoms with Gasteiger partial charge in [-0.15, -0.1) is 10.2 Å². The van der Waals surface area contributed by atoms with E-state index in [1.54, 1.807) is 7.11 Å². The number of para-hydroxylation sites is 1. The van der Waals surface area contributed by atoms with Crippen molar-refractivity contribution in [2.75, 3.05) is 12.8 Å². The fourth-order valence-corrected chi connectivity index (χ4v) is 2.82. The number of nitrogens with zero attached hydrogens (tertiary/aromatic N) is 3. The average Bonchev–Trinajstić information content (AvgIpc) is 2.93. The van der Waals surface area contributed by atoms with Crippen LogP contribution in [0.15, 0.2) is 36.4 Å². The Bertz CT molecular complexity index is 785. The molecule has 0 amide bonds. The van der Waals surface area contributed by atoms with Gasteiger partial charge in [-0.1, -0.05) is 23.5 Å². The Morgan fingerprint density at radius 1 is 1.05 bits per heavy atom. The van der Waals surface area contributed by atoms with E-state index in [0.29, 0.717) is 5.13 Å². The van der Waals surface area contributed by atoms with Gasteiger partial charge in [0.05, 0.1) is 12.8 Å². The summed E-state index contributed by atoms with van der Waals surface area (Å²) in [5.41, 5.74) is 9.29. The molecule has 0 saturated carbocycles. The lowest BCUT2D eigenvalue weighted by Gasteiger charge is -2.09. The Balaban J connectivity index is 2.05. The highest BCUT2D eigenvalue weighted by Crippen LogP contribution is 2.32. The lowest BCUT2D eigenvalue weighted by molar-refractivity contribution is 0.416. The third kappa shape index (κ3) is 2.57. The summed E-state index contributed by atoms with van der Waals surface area (Å²) in [5.74, 6) is 0.803. The normalized spacial score (nSPS) is 10.6. The van der Waals surface area contributed by atoms with Crippen molar-refractivity contribution in [2.45, 2.75) is 6.92 Å². The molecule has 0 radical (unpaired) electrons. The summed E-state index contributed by atoms with van der Waals surface area (Å²) in [4.78, 5) is 4.66. The molecule has 3 rings (SSSR count). The molecular weight excluding hydrogens is 284 g/mol. The molecule has 2 aromatic heterocycles. The van der Waals surface area contributed by atoms with Crippen molar-refractivity contribution < 1.29 is 4.74 Å². The van der Waals surface area contributed by atoms with Crippen LogP contribution in [-0.4, -0.2) is 22.3 Å². The maximum absolute atomic E-state index is 5.63. The van der Waals surface area contributed by atoms with E-state index in [1.165, 1.54) is 11.3 Å². The van der Waals surface area contributed by atoms with Crippen LogP contribution in [0.5, 0.6) is 5.75 Å². The second kappa shape index (κ2) is 5.49. The third-order valence-electron chi connectivity index (χ3n) is 3.14. The maximum Gasteiger partial charge on any atom is 0.203 e. The molecule has 21 heavy (non-hydrogen) atoms. The van der Waals surface area contributed by atoms with Crippen LogP contribution in [0.2, 0.25) is 0 Å². The van der Waals surface area contributed by atoms with E-state index in [0.717, 1.165) is 33.3 Å². The molecule has 0 saturated heterocycles. The molecule has 0 aliphatic rings. The van der Waals surface area contributed by atoms with Crippen molar-refractivity contribution in [2.24, 2.45) is 0 Å². The summed E-state index contributed by atoms with van der Waals surface area (Å²) in [6.45, 7) is 1.95. The molecule has 0 spiro atoms. The van der Waals surface area contributed by atoms with Crippen LogP contribution in [0.3, 0.4) is 0 Å². The van der Waals surface area contributed by atoms with Crippen LogP contribution in [0.25, 0.3) is 21.8 Å². The number of methoxy groups -OCH3 is 1. The van der Waals surface area contributed by atoms with E-state index in [1.807, 2.05) is 43.3 Å². The largest absolute Gasteiger partial charge is 0.496 e. The van der Waals surface area contributed by atoms with Gasteiger partial charge in [0.25, 0.3) is 0 Å². The fourth-order valence-electron chi connectivity index (χ4n) is 2.14. The molecule has 1 aromatic carbocycles. The van der Waals surface area contributed by atoms with Gasteiger partial charge < -0.3 is 10.5 Å². The van der Waals surface area contributed by atoms with Crippen molar-refractivity contribution in [3.05, 3.63) is 42.1 Å². The van der Waals surface area contributed by atoms with Crippen LogP contribution < -0.4 is 10.5 Å². The van der Waals surface area contributed by atoms with Crippen molar-refractivity contribution in [1.29, 1.82) is 0 Å². The molecule has 0 bridgehead atoms. The first-order valence-electron chi connectivity index (χ1n) is 6.39. The average molecular weight is 298 g/mol. The molecule has 5 nitrogen and oxygen atoms in total. The third-order valence-corrected chi connectivity index (χ3v) is 3.93. The summed E-state index contributed by atoms with van der Waals surface area (Å²) in [7, 11) is 1.66. The minimum absolute atomic E-state index is 0.457. The molecule has 0 fully saturated rings. The lowest BCUT2D eigenvalue weighted by atomic mass is 10.1. The highest BCUT2D eigenvalue weighted by atomic mass is 32.1. The summed E-state index contributed by atoms with van der Waals surface area (Å²) in [6.07, 6.45) is 0. The molecule has 106 valence electrons. The van der Waals surface area contributed by atoms with E-state index in [2.05, 4.69) is 15.2 Å². The van der Waals surface area contributed by atoms with Gasteiger partial charge in [0.1, 0.15) is 5.75 Å². The predicted octanol–water partition coefficient (Wildman–Crippen LogP) is 3.17. The monoisotopic (exact) mass is 298 g/mol. The lowest BCUT2D eigenvalue weighted by Crippen LogP contribution is -1.93. The molecule has 0 atom stereocenters. The zero-order valence-corrected chi connectivity index (χ0v) is 12.5. The highest BCUT2D eigenvalue weighted by molar-refractivity contribution is 7.18. The molecule has 2 heterocycles. The number of hydrogen-bond acceptors (Lipinski definition) is 6. The Hall–Kier alpha value is -2.47. The van der Waals surface area contributed by atoms with Crippen LogP contribution in [0.1, 0.15) is 5.69 Å². The van der Waals surface area contributed by atoms with E-state index in [4.69, 9.17) is 10.5 Å². The Kier molecular flexibility index (Phi) is 3.53. The van der Waals surface area contributed by atoms with Gasteiger partial charge in [0.15, 0.2) is 5.01 Å². The van der Waals surface area contributed by atoms with E-state index in [9.17, 15) is 0 Å². The molecular formula is C15H14N4OS. The van der Waals surface area contributed by atoms with E-state index < -0.39 is 0 Å². The first-order chi connectivity index (χ1) is 10.2. The number of nitrogen functional groups attached to an aromatic ring is 1. The van der Waals surface area contributed by atoms with Crippen molar-refractivity contribution in [3.8, 4) is 27.6 Å². The number of nitrogens with two attached hydrogens (primary N) is 1. The topological polar surface area (TPSA) is 73.9 Å². The summed E-state index contributed by atoms with van der Waals surface area (Å²) in [6, 6.07) is 11.8. The summed E-state index contributed by atoms with van der Waals surface area (Å²) >= 11 is 1.36. The Labute approximate surface area is 126 Å². The second-order valence-corrected chi connectivity index (χ2v) is 5.48. The number of pyridine rings is 1. The fraction of sp³-hybridized carbons (Fsp3) is 0.133. The molecule has 0 unspecified atom stereocenters. The SMILES string of the molecule is COc1ccccc1-c1ccc(-c2nnc(N)s2)c(C)n1. The highest BCUT2D eigenvalue weighted by Gasteiger charge is 2.12. The molecule has 0 aliphatic carbocycles. The van der Waals surface area contributed by atoms with Crippen LogP contribution >= 0.6 is 11.3 Å². The van der Waals surface area contributed by atoms with Gasteiger partial charge in [-0.25, -0.2) is 0 Å². The number of rotatable bonds is 3. The van der Waals surface area contributed by atoms with Gasteiger partial charge in [-0.2, -0.15) is 0 Å². The predicted molar refractivity (Wildman–Crippen MR) is 84.3 cm³/mol. The standard InChI is InChI=1S/C15H14N4OS/c1-9-10(14-18-19-15(16)21-14)7-8-12(17-9)11-5-3-4-6-13(11)20-2/h3-8H,1-2H3,(H2,16,19). The Morgan fingerprint density at radius 3 is 2.52 bits per heavy atom. The Morgan fingerprint density at radius 2 is 1.86 bits per heavy atom. The number of hydrogen-bond donors (Lipinski definition) is 1. The van der Waals surface area contributed by atoms with Gasteiger partial charge in [0, 0.05) is 16.8 Å². The summed E-state index contributed by atoms with van der Waals surface area (Å²) < 4.78 is 5.38. The quantitative estimate of drug-likeness (QED) is 0.804. The number of aromatic nitrogens is 3. The van der Waals surface area contributed by atoms with Gasteiger partial charge in [-0.3, -0.25) is 4.98 Å². The minimum atomic E-state index is 0.457. The van der Waals surface area contributed by atoms with Gasteiger partial charge >= 0.3 is 0 Å². The van der Waals surface area contributed by atoms with Crippen LogP contribution in [0.4, 0.5) is 5.13 Å². The van der Waals surface area contributed by atoms with Crippen molar-refractivity contribution >= 4 is 16.5 Å². The first-order valence-corrected chi connectivity index (χ1v) is 7.21. The molecule has 2 N–H and O–H groups in total. The molecule has 3 aromatic rings. The number of anilines is 1. The minimum Gasteiger partial charge on any atom is -0.496 e. The number of ether oxygens (including phenoxy) is 1. The number of benzene rings is 1. The van der Waals surface area contributed by atoms with Crippen LogP contribution in [-0.2, 0) is 0 Å². The van der Waals surface area contributed by atoms with E-state index >= 15 is 0 Å². The first kappa shape index (κ1) is 13.5. The van der Waals surface area contributed by atoms with Crippen molar-refractivity contribution in [1.82, 2.24) is 15.2 Å². The molecule has 6 heteroatoms. The zero-order valence-electron chi connectivity index (χ0n) is 11.7. The smallest absolute Gasteiger partial charge is 0.203 e. The summed E-state index contributed by atoms with van der Waals surface area (Å²) in [5, 5.41) is 9.14. The van der Waals surface area contributed by atoms with Crippen LogP contribution in [0, 0.1) is 6.92 Å². The number of aryl methyl sites for hydroxylation is 1.